The second-order valence-corrected chi connectivity index (χ2v) is 7.39. The van der Waals surface area contributed by atoms with Gasteiger partial charge < -0.3 is 20.3 Å². The number of morpholine rings is 1. The molecule has 1 unspecified atom stereocenters. The number of carbonyl (C=O) groups excluding carboxylic acids is 1. The molecule has 154 valence electrons. The van der Waals surface area contributed by atoms with Crippen LogP contribution in [0.25, 0.3) is 0 Å². The van der Waals surface area contributed by atoms with Crippen molar-refractivity contribution in [1.29, 1.82) is 0 Å². The van der Waals surface area contributed by atoms with E-state index in [0.29, 0.717) is 19.0 Å². The van der Waals surface area contributed by atoms with Crippen LogP contribution in [-0.4, -0.2) is 68.7 Å². The Morgan fingerprint density at radius 3 is 2.57 bits per heavy atom. The van der Waals surface area contributed by atoms with E-state index in [1.165, 1.54) is 0 Å². The molecule has 0 bridgehead atoms. The molecule has 2 saturated heterocycles. The fourth-order valence-corrected chi connectivity index (χ4v) is 3.61. The zero-order chi connectivity index (χ0) is 19.8. The van der Waals surface area contributed by atoms with Crippen molar-refractivity contribution in [3.8, 4) is 0 Å². The first-order valence-electron chi connectivity index (χ1n) is 10.4. The summed E-state index contributed by atoms with van der Waals surface area (Å²) in [5.74, 6) is 1.06. The molecule has 3 rings (SSSR count). The third-order valence-corrected chi connectivity index (χ3v) is 5.32. The van der Waals surface area contributed by atoms with Gasteiger partial charge in [0.1, 0.15) is 0 Å². The number of guanidine groups is 1. The normalized spacial score (nSPS) is 19.7. The molecule has 28 heavy (non-hydrogen) atoms. The minimum atomic E-state index is 0.221. The van der Waals surface area contributed by atoms with E-state index >= 15 is 0 Å². The number of anilines is 1. The van der Waals surface area contributed by atoms with Crippen molar-refractivity contribution >= 4 is 17.6 Å². The first-order valence-corrected chi connectivity index (χ1v) is 10.4. The number of ether oxygens (including phenoxy) is 1. The Bertz CT molecular complexity index is 655. The van der Waals surface area contributed by atoms with E-state index in [1.54, 1.807) is 0 Å². The van der Waals surface area contributed by atoms with Crippen molar-refractivity contribution in [2.75, 3.05) is 50.8 Å². The number of hydrogen-bond donors (Lipinski definition) is 2. The van der Waals surface area contributed by atoms with Gasteiger partial charge in [-0.25, -0.2) is 4.99 Å². The lowest BCUT2D eigenvalue weighted by atomic mass is 10.2. The summed E-state index contributed by atoms with van der Waals surface area (Å²) >= 11 is 0. The Morgan fingerprint density at radius 1 is 1.18 bits per heavy atom. The average molecular weight is 388 g/mol. The minimum Gasteiger partial charge on any atom is -0.379 e. The summed E-state index contributed by atoms with van der Waals surface area (Å²) in [5.41, 5.74) is 2.12. The highest BCUT2D eigenvalue weighted by atomic mass is 16.5. The van der Waals surface area contributed by atoms with Crippen molar-refractivity contribution < 1.29 is 9.53 Å². The summed E-state index contributed by atoms with van der Waals surface area (Å²) in [6.07, 6.45) is 1.61. The van der Waals surface area contributed by atoms with Crippen LogP contribution in [0.2, 0.25) is 0 Å². The van der Waals surface area contributed by atoms with Gasteiger partial charge in [0, 0.05) is 50.9 Å². The van der Waals surface area contributed by atoms with Crippen LogP contribution >= 0.6 is 0 Å². The second-order valence-electron chi connectivity index (χ2n) is 7.39. The summed E-state index contributed by atoms with van der Waals surface area (Å²) in [6, 6.07) is 8.60. The van der Waals surface area contributed by atoms with Gasteiger partial charge in [0.25, 0.3) is 0 Å². The van der Waals surface area contributed by atoms with Crippen molar-refractivity contribution in [2.24, 2.45) is 4.99 Å². The lowest BCUT2D eigenvalue weighted by Crippen LogP contribution is -2.49. The van der Waals surface area contributed by atoms with Crippen LogP contribution in [0, 0.1) is 0 Å². The van der Waals surface area contributed by atoms with Gasteiger partial charge in [0.2, 0.25) is 5.91 Å². The molecule has 1 aromatic rings. The van der Waals surface area contributed by atoms with Gasteiger partial charge in [-0.2, -0.15) is 0 Å². The van der Waals surface area contributed by atoms with Crippen LogP contribution in [0.1, 0.15) is 32.3 Å². The molecule has 1 atom stereocenters. The van der Waals surface area contributed by atoms with Crippen LogP contribution in [0.5, 0.6) is 0 Å². The largest absolute Gasteiger partial charge is 0.379 e. The standard InChI is InChI=1S/C21H33N5O2/c1-3-22-21(23-15-17(2)25-11-13-28-14-12-25)24-16-18-6-8-19(9-7-18)26-10-4-5-20(26)27/h6-9,17H,3-5,10-16H2,1-2H3,(H2,22,23,24). The lowest BCUT2D eigenvalue weighted by molar-refractivity contribution is -0.117. The maximum absolute atomic E-state index is 11.9. The molecule has 0 aromatic heterocycles. The zero-order valence-corrected chi connectivity index (χ0v) is 17.1. The Morgan fingerprint density at radius 2 is 1.93 bits per heavy atom. The van der Waals surface area contributed by atoms with E-state index in [-0.39, 0.29) is 5.91 Å². The van der Waals surface area contributed by atoms with Crippen LogP contribution in [0.4, 0.5) is 5.69 Å². The van der Waals surface area contributed by atoms with Gasteiger partial charge in [-0.15, -0.1) is 0 Å². The fraction of sp³-hybridized carbons (Fsp3) is 0.619. The highest BCUT2D eigenvalue weighted by molar-refractivity contribution is 5.95. The lowest BCUT2D eigenvalue weighted by Gasteiger charge is -2.32. The molecule has 0 spiro atoms. The van der Waals surface area contributed by atoms with Crippen LogP contribution in [0.15, 0.2) is 29.3 Å². The van der Waals surface area contributed by atoms with Gasteiger partial charge in [0.05, 0.1) is 19.8 Å². The number of nitrogens with zero attached hydrogens (tertiary/aromatic N) is 3. The summed E-state index contributed by atoms with van der Waals surface area (Å²) in [4.78, 5) is 20.9. The Balaban J connectivity index is 1.52. The number of amides is 1. The number of rotatable bonds is 7. The third kappa shape index (κ3) is 5.69. The topological polar surface area (TPSA) is 69.2 Å². The van der Waals surface area contributed by atoms with Gasteiger partial charge >= 0.3 is 0 Å². The molecule has 2 heterocycles. The molecule has 1 aromatic carbocycles. The van der Waals surface area contributed by atoms with E-state index in [1.807, 2.05) is 17.0 Å². The van der Waals surface area contributed by atoms with E-state index in [9.17, 15) is 4.79 Å². The Labute approximate surface area is 168 Å². The third-order valence-electron chi connectivity index (χ3n) is 5.32. The van der Waals surface area contributed by atoms with Crippen molar-refractivity contribution in [3.05, 3.63) is 29.8 Å². The maximum Gasteiger partial charge on any atom is 0.227 e. The quantitative estimate of drug-likeness (QED) is 0.549. The van der Waals surface area contributed by atoms with Crippen molar-refractivity contribution in [1.82, 2.24) is 15.5 Å². The number of aliphatic imine (C=N–C) groups is 1. The van der Waals surface area contributed by atoms with Crippen molar-refractivity contribution in [2.45, 2.75) is 39.3 Å². The molecule has 0 saturated carbocycles. The molecule has 7 heteroatoms. The van der Waals surface area contributed by atoms with Gasteiger partial charge in [0.15, 0.2) is 5.96 Å². The smallest absolute Gasteiger partial charge is 0.227 e. The summed E-state index contributed by atoms with van der Waals surface area (Å²) in [6.45, 7) is 11.0. The number of nitrogens with one attached hydrogen (secondary N) is 2. The maximum atomic E-state index is 11.9. The first-order chi connectivity index (χ1) is 13.7. The summed E-state index contributed by atoms with van der Waals surface area (Å²) in [7, 11) is 0. The summed E-state index contributed by atoms with van der Waals surface area (Å²) in [5, 5.41) is 6.77. The van der Waals surface area contributed by atoms with E-state index in [4.69, 9.17) is 9.73 Å². The molecule has 2 N–H and O–H groups in total. The fourth-order valence-electron chi connectivity index (χ4n) is 3.61. The van der Waals surface area contributed by atoms with Crippen LogP contribution < -0.4 is 15.5 Å². The molecule has 2 aliphatic rings. The average Bonchev–Trinajstić information content (AvgIpc) is 3.16. The van der Waals surface area contributed by atoms with Crippen LogP contribution in [0.3, 0.4) is 0 Å². The first kappa shape index (κ1) is 20.6. The van der Waals surface area contributed by atoms with E-state index in [0.717, 1.165) is 69.6 Å². The minimum absolute atomic E-state index is 0.221. The number of carbonyl (C=O) groups is 1. The molecular weight excluding hydrogens is 354 g/mol. The van der Waals surface area contributed by atoms with E-state index in [2.05, 4.69) is 41.5 Å². The highest BCUT2D eigenvalue weighted by Crippen LogP contribution is 2.21. The van der Waals surface area contributed by atoms with Gasteiger partial charge in [-0.05, 0) is 38.0 Å². The molecule has 2 fully saturated rings. The van der Waals surface area contributed by atoms with Gasteiger partial charge in [-0.3, -0.25) is 9.69 Å². The highest BCUT2D eigenvalue weighted by Gasteiger charge is 2.21. The second kappa shape index (κ2) is 10.4. The molecule has 7 nitrogen and oxygen atoms in total. The zero-order valence-electron chi connectivity index (χ0n) is 17.1. The molecule has 0 radical (unpaired) electrons. The van der Waals surface area contributed by atoms with E-state index < -0.39 is 0 Å². The number of hydrogen-bond acceptors (Lipinski definition) is 4. The SMILES string of the molecule is CCNC(=NCc1ccc(N2CCCC2=O)cc1)NCC(C)N1CCOCC1. The van der Waals surface area contributed by atoms with Crippen LogP contribution in [-0.2, 0) is 16.1 Å². The number of benzene rings is 1. The molecule has 0 aliphatic carbocycles. The molecule has 2 aliphatic heterocycles. The summed E-state index contributed by atoms with van der Waals surface area (Å²) < 4.78 is 5.43. The Hall–Kier alpha value is -2.12. The van der Waals surface area contributed by atoms with Crippen molar-refractivity contribution in [3.63, 3.8) is 0 Å². The predicted molar refractivity (Wildman–Crippen MR) is 113 cm³/mol. The van der Waals surface area contributed by atoms with Gasteiger partial charge in [-0.1, -0.05) is 12.1 Å². The molecular formula is C21H33N5O2. The Kier molecular flexibility index (Phi) is 7.68. The molecule has 1 amide bonds. The monoisotopic (exact) mass is 387 g/mol. The predicted octanol–water partition coefficient (Wildman–Crippen LogP) is 1.59.